The highest BCUT2D eigenvalue weighted by molar-refractivity contribution is 6.02. The summed E-state index contributed by atoms with van der Waals surface area (Å²) in [4.78, 5) is 56.2. The molecule has 7 heteroatoms. The lowest BCUT2D eigenvalue weighted by atomic mass is 9.79. The van der Waals surface area contributed by atoms with Crippen LogP contribution in [0.3, 0.4) is 0 Å². The molecular formula is C24H34N2O5. The summed E-state index contributed by atoms with van der Waals surface area (Å²) in [6.45, 7) is 1.53. The second-order valence-electron chi connectivity index (χ2n) is 10.3. The Kier molecular flexibility index (Phi) is 5.33. The normalized spacial score (nSPS) is 37.1. The number of carbonyl (C=O) groups is 4. The lowest BCUT2D eigenvalue weighted by molar-refractivity contribution is -0.155. The monoisotopic (exact) mass is 430 g/mol. The van der Waals surface area contributed by atoms with Crippen molar-refractivity contribution in [3.8, 4) is 0 Å². The van der Waals surface area contributed by atoms with Crippen molar-refractivity contribution >= 4 is 23.6 Å². The topological polar surface area (TPSA) is 84.0 Å². The van der Waals surface area contributed by atoms with Gasteiger partial charge in [-0.05, 0) is 32.6 Å². The first-order valence-corrected chi connectivity index (χ1v) is 12.3. The van der Waals surface area contributed by atoms with Crippen molar-refractivity contribution in [3.05, 3.63) is 0 Å². The molecule has 0 aromatic rings. The van der Waals surface area contributed by atoms with Crippen LogP contribution >= 0.6 is 0 Å². The van der Waals surface area contributed by atoms with Gasteiger partial charge in [-0.3, -0.25) is 19.2 Å². The first kappa shape index (κ1) is 21.0. The Hall–Kier alpha value is -1.92. The molecule has 3 heterocycles. The van der Waals surface area contributed by atoms with Crippen LogP contribution in [0, 0.1) is 5.92 Å². The molecule has 31 heavy (non-hydrogen) atoms. The SMILES string of the molecule is CC(=O)C[C@@H]1N(C2CCCCCC2)C(=O)[C@@H]2N(C3CCCCC3)C(=O)[C@H]3CC(=O)O[C@]312. The lowest BCUT2D eigenvalue weighted by Gasteiger charge is -2.38. The van der Waals surface area contributed by atoms with Gasteiger partial charge in [-0.2, -0.15) is 0 Å². The summed E-state index contributed by atoms with van der Waals surface area (Å²) >= 11 is 0. The van der Waals surface area contributed by atoms with E-state index in [2.05, 4.69) is 0 Å². The number of likely N-dealkylation sites (tertiary alicyclic amines) is 2. The second kappa shape index (κ2) is 7.89. The van der Waals surface area contributed by atoms with Crippen molar-refractivity contribution in [2.45, 2.75) is 120 Å². The van der Waals surface area contributed by atoms with Gasteiger partial charge < -0.3 is 14.5 Å². The molecule has 3 aliphatic heterocycles. The third-order valence-electron chi connectivity index (χ3n) is 8.48. The summed E-state index contributed by atoms with van der Waals surface area (Å²) in [5, 5.41) is 0. The van der Waals surface area contributed by atoms with Gasteiger partial charge in [-0.15, -0.1) is 0 Å². The Bertz CT molecular complexity index is 783. The number of esters is 1. The molecule has 2 saturated carbocycles. The molecule has 0 bridgehead atoms. The molecule has 4 atom stereocenters. The van der Waals surface area contributed by atoms with Gasteiger partial charge in [0.2, 0.25) is 11.8 Å². The Morgan fingerprint density at radius 1 is 0.871 bits per heavy atom. The molecule has 0 radical (unpaired) electrons. The van der Waals surface area contributed by atoms with Crippen molar-refractivity contribution in [2.24, 2.45) is 5.92 Å². The van der Waals surface area contributed by atoms with Crippen LogP contribution in [0.4, 0.5) is 0 Å². The number of amides is 2. The molecule has 2 aliphatic carbocycles. The fourth-order valence-electron chi connectivity index (χ4n) is 7.24. The zero-order chi connectivity index (χ0) is 21.8. The Balaban J connectivity index is 1.59. The minimum absolute atomic E-state index is 0.0265. The highest BCUT2D eigenvalue weighted by atomic mass is 16.6. The number of rotatable bonds is 4. The van der Waals surface area contributed by atoms with E-state index in [4.69, 9.17) is 4.74 Å². The average Bonchev–Trinajstić information content (AvgIpc) is 3.14. The third-order valence-corrected chi connectivity index (χ3v) is 8.48. The largest absolute Gasteiger partial charge is 0.453 e. The second-order valence-corrected chi connectivity index (χ2v) is 10.3. The lowest BCUT2D eigenvalue weighted by Crippen LogP contribution is -2.54. The smallest absolute Gasteiger partial charge is 0.307 e. The van der Waals surface area contributed by atoms with Crippen LogP contribution in [0.1, 0.15) is 90.4 Å². The van der Waals surface area contributed by atoms with E-state index in [9.17, 15) is 19.2 Å². The van der Waals surface area contributed by atoms with Crippen LogP contribution in [-0.2, 0) is 23.9 Å². The Morgan fingerprint density at radius 3 is 2.00 bits per heavy atom. The first-order chi connectivity index (χ1) is 14.9. The standard InChI is InChI=1S/C24H34N2O5/c1-15(27)13-19-24-18(14-20(28)31-24)22(29)26(17-11-7-4-8-12-17)21(24)23(30)25(19)16-9-5-2-3-6-10-16/h16-19,21H,2-14H2,1H3/t18-,19+,21+,24-/m1/s1. The van der Waals surface area contributed by atoms with Crippen molar-refractivity contribution < 1.29 is 23.9 Å². The summed E-state index contributed by atoms with van der Waals surface area (Å²) in [6, 6.07) is -1.20. The Morgan fingerprint density at radius 2 is 1.42 bits per heavy atom. The fourth-order valence-corrected chi connectivity index (χ4v) is 7.24. The maximum absolute atomic E-state index is 14.1. The van der Waals surface area contributed by atoms with Crippen molar-refractivity contribution in [2.75, 3.05) is 0 Å². The fraction of sp³-hybridized carbons (Fsp3) is 0.833. The number of nitrogens with zero attached hydrogens (tertiary/aromatic N) is 2. The van der Waals surface area contributed by atoms with E-state index in [0.29, 0.717) is 0 Å². The first-order valence-electron chi connectivity index (χ1n) is 12.3. The molecule has 5 fully saturated rings. The van der Waals surface area contributed by atoms with Gasteiger partial charge in [-0.1, -0.05) is 44.9 Å². The number of ketones is 1. The molecule has 7 nitrogen and oxygen atoms in total. The van der Waals surface area contributed by atoms with Crippen LogP contribution in [-0.4, -0.2) is 63.1 Å². The van der Waals surface area contributed by atoms with Crippen LogP contribution in [0.25, 0.3) is 0 Å². The highest BCUT2D eigenvalue weighted by Crippen LogP contribution is 2.56. The molecular weight excluding hydrogens is 396 g/mol. The van der Waals surface area contributed by atoms with E-state index in [0.717, 1.165) is 70.6 Å². The van der Waals surface area contributed by atoms with E-state index >= 15 is 0 Å². The number of carbonyl (C=O) groups excluding carboxylic acids is 4. The van der Waals surface area contributed by atoms with Gasteiger partial charge in [0.1, 0.15) is 5.78 Å². The molecule has 3 saturated heterocycles. The number of Topliss-reactive ketones (excluding diaryl/α,β-unsaturated/α-hetero) is 1. The molecule has 5 rings (SSSR count). The van der Waals surface area contributed by atoms with Gasteiger partial charge >= 0.3 is 5.97 Å². The van der Waals surface area contributed by atoms with E-state index in [1.165, 1.54) is 6.92 Å². The van der Waals surface area contributed by atoms with Gasteiger partial charge in [-0.25, -0.2) is 0 Å². The summed E-state index contributed by atoms with van der Waals surface area (Å²) < 4.78 is 6.01. The van der Waals surface area contributed by atoms with Gasteiger partial charge in [0, 0.05) is 18.5 Å². The molecule has 0 unspecified atom stereocenters. The quantitative estimate of drug-likeness (QED) is 0.506. The minimum atomic E-state index is -1.19. The van der Waals surface area contributed by atoms with Gasteiger partial charge in [0.15, 0.2) is 11.6 Å². The van der Waals surface area contributed by atoms with Crippen molar-refractivity contribution in [1.82, 2.24) is 9.80 Å². The molecule has 0 aromatic heterocycles. The summed E-state index contributed by atoms with van der Waals surface area (Å²) in [5.41, 5.74) is -1.19. The van der Waals surface area contributed by atoms with Crippen LogP contribution in [0.5, 0.6) is 0 Å². The van der Waals surface area contributed by atoms with Gasteiger partial charge in [0.05, 0.1) is 18.4 Å². The molecule has 1 spiro atoms. The average molecular weight is 431 g/mol. The molecule has 0 aromatic carbocycles. The van der Waals surface area contributed by atoms with Gasteiger partial charge in [0.25, 0.3) is 0 Å². The zero-order valence-corrected chi connectivity index (χ0v) is 18.5. The third kappa shape index (κ3) is 3.13. The molecule has 2 amide bonds. The summed E-state index contributed by atoms with van der Waals surface area (Å²) in [7, 11) is 0. The van der Waals surface area contributed by atoms with Crippen LogP contribution < -0.4 is 0 Å². The van der Waals surface area contributed by atoms with Crippen LogP contribution in [0.15, 0.2) is 0 Å². The summed E-state index contributed by atoms with van der Waals surface area (Å²) in [6.07, 6.45) is 11.5. The molecule has 0 N–H and O–H groups in total. The summed E-state index contributed by atoms with van der Waals surface area (Å²) in [5.74, 6) is -1.28. The van der Waals surface area contributed by atoms with Crippen molar-refractivity contribution in [3.63, 3.8) is 0 Å². The predicted molar refractivity (Wildman–Crippen MR) is 112 cm³/mol. The van der Waals surface area contributed by atoms with E-state index < -0.39 is 29.6 Å². The highest BCUT2D eigenvalue weighted by Gasteiger charge is 2.77. The van der Waals surface area contributed by atoms with E-state index in [-0.39, 0.29) is 42.5 Å². The molecule has 5 aliphatic rings. The maximum Gasteiger partial charge on any atom is 0.307 e. The predicted octanol–water partition coefficient (Wildman–Crippen LogP) is 2.74. The Labute approximate surface area is 183 Å². The number of hydrogen-bond donors (Lipinski definition) is 0. The van der Waals surface area contributed by atoms with E-state index in [1.807, 2.05) is 9.80 Å². The molecule has 170 valence electrons. The number of hydrogen-bond acceptors (Lipinski definition) is 5. The minimum Gasteiger partial charge on any atom is -0.453 e. The van der Waals surface area contributed by atoms with Crippen LogP contribution in [0.2, 0.25) is 0 Å². The van der Waals surface area contributed by atoms with Crippen molar-refractivity contribution in [1.29, 1.82) is 0 Å². The number of ether oxygens (including phenoxy) is 1. The maximum atomic E-state index is 14.1. The van der Waals surface area contributed by atoms with E-state index in [1.54, 1.807) is 0 Å². The zero-order valence-electron chi connectivity index (χ0n) is 18.5.